The maximum Gasteiger partial charge on any atom is 0.418 e. The normalized spacial score (nSPS) is 11.9. The van der Waals surface area contributed by atoms with E-state index in [0.717, 1.165) is 16.6 Å². The van der Waals surface area contributed by atoms with Gasteiger partial charge < -0.3 is 5.32 Å². The average molecular weight is 486 g/mol. The number of carbonyl (C=O) groups excluding carboxylic acids is 1. The van der Waals surface area contributed by atoms with Gasteiger partial charge in [-0.3, -0.25) is 9.10 Å². The van der Waals surface area contributed by atoms with Gasteiger partial charge in [0.1, 0.15) is 6.54 Å². The second-order valence-corrected chi connectivity index (χ2v) is 8.65. The first-order valence-corrected chi connectivity index (χ1v) is 10.3. The van der Waals surface area contributed by atoms with E-state index in [4.69, 9.17) is 11.6 Å². The summed E-state index contributed by atoms with van der Waals surface area (Å²) in [6.45, 7) is -0.707. The smallest absolute Gasteiger partial charge is 0.324 e. The quantitative estimate of drug-likeness (QED) is 0.677. The van der Waals surface area contributed by atoms with E-state index < -0.39 is 39.9 Å². The molecule has 27 heavy (non-hydrogen) atoms. The van der Waals surface area contributed by atoms with Gasteiger partial charge in [-0.25, -0.2) is 8.42 Å². The fourth-order valence-electron chi connectivity index (χ4n) is 2.22. The van der Waals surface area contributed by atoms with Crippen LogP contribution >= 0.6 is 27.5 Å². The summed E-state index contributed by atoms with van der Waals surface area (Å²) >= 11 is 8.79. The molecule has 0 heterocycles. The van der Waals surface area contributed by atoms with Gasteiger partial charge in [0.25, 0.3) is 0 Å². The first-order chi connectivity index (χ1) is 12.4. The summed E-state index contributed by atoms with van der Waals surface area (Å²) < 4.78 is 64.7. The van der Waals surface area contributed by atoms with Crippen molar-refractivity contribution < 1.29 is 26.4 Å². The van der Waals surface area contributed by atoms with E-state index in [1.165, 1.54) is 12.1 Å². The van der Waals surface area contributed by atoms with E-state index in [0.29, 0.717) is 10.5 Å². The molecule has 2 aromatic carbocycles. The van der Waals surface area contributed by atoms with E-state index in [9.17, 15) is 26.4 Å². The maximum absolute atomic E-state index is 13.1. The monoisotopic (exact) mass is 484 g/mol. The highest BCUT2D eigenvalue weighted by atomic mass is 79.9. The number of nitrogens with zero attached hydrogens (tertiary/aromatic N) is 1. The van der Waals surface area contributed by atoms with Crippen molar-refractivity contribution in [1.29, 1.82) is 0 Å². The third-order valence-electron chi connectivity index (χ3n) is 3.37. The largest absolute Gasteiger partial charge is 0.418 e. The summed E-state index contributed by atoms with van der Waals surface area (Å²) in [5.41, 5.74) is -1.46. The van der Waals surface area contributed by atoms with Gasteiger partial charge in [0.15, 0.2) is 0 Å². The second-order valence-electron chi connectivity index (χ2n) is 5.46. The molecular formula is C16H13BrClF3N2O3S. The molecule has 2 aromatic rings. The lowest BCUT2D eigenvalue weighted by atomic mass is 10.1. The Bertz CT molecular complexity index is 968. The lowest BCUT2D eigenvalue weighted by Crippen LogP contribution is -2.37. The van der Waals surface area contributed by atoms with Gasteiger partial charge in [0.2, 0.25) is 15.9 Å². The first-order valence-electron chi connectivity index (χ1n) is 7.28. The van der Waals surface area contributed by atoms with Crippen LogP contribution in [0.15, 0.2) is 46.9 Å². The number of para-hydroxylation sites is 1. The Morgan fingerprint density at radius 2 is 1.85 bits per heavy atom. The SMILES string of the molecule is CS(=O)(=O)N(CC(=O)Nc1ccc(Cl)cc1C(F)(F)F)c1ccccc1Br. The van der Waals surface area contributed by atoms with Crippen LogP contribution in [0.1, 0.15) is 5.56 Å². The van der Waals surface area contributed by atoms with Crippen LogP contribution in [0.25, 0.3) is 0 Å². The molecule has 1 amide bonds. The van der Waals surface area contributed by atoms with Crippen LogP contribution in [-0.4, -0.2) is 27.1 Å². The van der Waals surface area contributed by atoms with Gasteiger partial charge in [0.05, 0.1) is 23.2 Å². The minimum absolute atomic E-state index is 0.147. The Balaban J connectivity index is 2.32. The summed E-state index contributed by atoms with van der Waals surface area (Å²) in [5.74, 6) is -0.941. The highest BCUT2D eigenvalue weighted by molar-refractivity contribution is 9.10. The standard InChI is InChI=1S/C16H13BrClF3N2O3S/c1-27(25,26)23(14-5-3-2-4-12(14)17)9-15(24)22-13-7-6-10(18)8-11(13)16(19,20)21/h2-8H,9H2,1H3,(H,22,24). The van der Waals surface area contributed by atoms with Crippen LogP contribution in [0, 0.1) is 0 Å². The fraction of sp³-hybridized carbons (Fsp3) is 0.188. The molecular weight excluding hydrogens is 473 g/mol. The van der Waals surface area contributed by atoms with E-state index >= 15 is 0 Å². The topological polar surface area (TPSA) is 66.5 Å². The minimum Gasteiger partial charge on any atom is -0.324 e. The number of amides is 1. The number of sulfonamides is 1. The van der Waals surface area contributed by atoms with Crippen molar-refractivity contribution in [3.05, 3.63) is 57.5 Å². The summed E-state index contributed by atoms with van der Waals surface area (Å²) in [6, 6.07) is 9.13. The molecule has 0 saturated carbocycles. The number of rotatable bonds is 5. The first kappa shape index (κ1) is 21.5. The fourth-order valence-corrected chi connectivity index (χ4v) is 3.87. The Morgan fingerprint density at radius 3 is 2.41 bits per heavy atom. The zero-order valence-electron chi connectivity index (χ0n) is 13.7. The highest BCUT2D eigenvalue weighted by Gasteiger charge is 2.34. The zero-order chi connectivity index (χ0) is 20.4. The minimum atomic E-state index is -4.74. The highest BCUT2D eigenvalue weighted by Crippen LogP contribution is 2.36. The van der Waals surface area contributed by atoms with Gasteiger partial charge in [-0.15, -0.1) is 0 Å². The molecule has 1 N–H and O–H groups in total. The number of halogens is 5. The van der Waals surface area contributed by atoms with Crippen molar-refractivity contribution >= 4 is 54.8 Å². The summed E-state index contributed by atoms with van der Waals surface area (Å²) in [7, 11) is -3.87. The molecule has 0 saturated heterocycles. The van der Waals surface area contributed by atoms with Crippen molar-refractivity contribution in [2.24, 2.45) is 0 Å². The van der Waals surface area contributed by atoms with E-state index in [1.807, 2.05) is 0 Å². The van der Waals surface area contributed by atoms with E-state index in [-0.39, 0.29) is 10.7 Å². The number of anilines is 2. The van der Waals surface area contributed by atoms with Gasteiger partial charge in [-0.05, 0) is 46.3 Å². The molecule has 0 aliphatic rings. The number of nitrogens with one attached hydrogen (secondary N) is 1. The number of benzene rings is 2. The molecule has 0 aromatic heterocycles. The zero-order valence-corrected chi connectivity index (χ0v) is 16.9. The summed E-state index contributed by atoms with van der Waals surface area (Å²) in [5, 5.41) is 1.95. The Hall–Kier alpha value is -1.78. The van der Waals surface area contributed by atoms with Crippen LogP contribution < -0.4 is 9.62 Å². The average Bonchev–Trinajstić information content (AvgIpc) is 2.53. The molecule has 5 nitrogen and oxygen atoms in total. The Morgan fingerprint density at radius 1 is 1.22 bits per heavy atom. The molecule has 2 rings (SSSR count). The molecule has 0 aliphatic heterocycles. The van der Waals surface area contributed by atoms with Crippen molar-refractivity contribution in [3.8, 4) is 0 Å². The van der Waals surface area contributed by atoms with Crippen LogP contribution in [0.4, 0.5) is 24.5 Å². The van der Waals surface area contributed by atoms with Gasteiger partial charge in [0, 0.05) is 9.50 Å². The van der Waals surface area contributed by atoms with Gasteiger partial charge in [-0.2, -0.15) is 13.2 Å². The molecule has 0 aliphatic carbocycles. The van der Waals surface area contributed by atoms with Crippen LogP contribution in [0.3, 0.4) is 0 Å². The van der Waals surface area contributed by atoms with E-state index in [1.54, 1.807) is 18.2 Å². The number of hydrogen-bond donors (Lipinski definition) is 1. The number of hydrogen-bond acceptors (Lipinski definition) is 3. The molecule has 0 fully saturated rings. The lowest BCUT2D eigenvalue weighted by molar-refractivity contribution is -0.137. The predicted octanol–water partition coefficient (Wildman–Crippen LogP) is 4.53. The van der Waals surface area contributed by atoms with Crippen molar-refractivity contribution in [1.82, 2.24) is 0 Å². The molecule has 0 radical (unpaired) electrons. The molecule has 0 atom stereocenters. The molecule has 0 spiro atoms. The Kier molecular flexibility index (Phi) is 6.43. The number of carbonyl (C=O) groups is 1. The summed E-state index contributed by atoms with van der Waals surface area (Å²) in [6.07, 6.45) is -3.85. The molecule has 146 valence electrons. The second kappa shape index (κ2) is 8.07. The Labute approximate surface area is 167 Å². The van der Waals surface area contributed by atoms with Gasteiger partial charge >= 0.3 is 6.18 Å². The van der Waals surface area contributed by atoms with Crippen molar-refractivity contribution in [2.45, 2.75) is 6.18 Å². The predicted molar refractivity (Wildman–Crippen MR) is 101 cm³/mol. The third kappa shape index (κ3) is 5.60. The van der Waals surface area contributed by atoms with Crippen LogP contribution in [0.5, 0.6) is 0 Å². The third-order valence-corrected chi connectivity index (χ3v) is 5.40. The van der Waals surface area contributed by atoms with Crippen molar-refractivity contribution in [2.75, 3.05) is 22.4 Å². The summed E-state index contributed by atoms with van der Waals surface area (Å²) in [4.78, 5) is 12.3. The number of alkyl halides is 3. The molecule has 11 heteroatoms. The van der Waals surface area contributed by atoms with Crippen molar-refractivity contribution in [3.63, 3.8) is 0 Å². The van der Waals surface area contributed by atoms with E-state index in [2.05, 4.69) is 21.2 Å². The van der Waals surface area contributed by atoms with Crippen LogP contribution in [-0.2, 0) is 21.0 Å². The molecule has 0 bridgehead atoms. The lowest BCUT2D eigenvalue weighted by Gasteiger charge is -2.23. The van der Waals surface area contributed by atoms with Gasteiger partial charge in [-0.1, -0.05) is 23.7 Å². The van der Waals surface area contributed by atoms with Crippen LogP contribution in [0.2, 0.25) is 5.02 Å². The molecule has 0 unspecified atom stereocenters. The maximum atomic E-state index is 13.1.